The molecule has 1 amide bonds. The van der Waals surface area contributed by atoms with Crippen molar-refractivity contribution >= 4 is 17.7 Å². The van der Waals surface area contributed by atoms with Crippen LogP contribution in [-0.2, 0) is 14.3 Å². The Morgan fingerprint density at radius 3 is 2.43 bits per heavy atom. The van der Waals surface area contributed by atoms with Crippen molar-refractivity contribution in [2.45, 2.75) is 44.9 Å². The second kappa shape index (κ2) is 5.65. The summed E-state index contributed by atoms with van der Waals surface area (Å²) in [6, 6.07) is 1.54. The van der Waals surface area contributed by atoms with E-state index >= 15 is 0 Å². The Labute approximate surface area is 134 Å². The number of carbonyl (C=O) groups excluding carboxylic acids is 2. The van der Waals surface area contributed by atoms with Crippen molar-refractivity contribution in [2.75, 3.05) is 11.9 Å². The molecule has 0 aromatic carbocycles. The average molecular weight is 318 g/mol. The van der Waals surface area contributed by atoms with Crippen molar-refractivity contribution < 1.29 is 18.8 Å². The fourth-order valence-corrected chi connectivity index (χ4v) is 5.47. The third kappa shape index (κ3) is 3.12. The first-order chi connectivity index (χ1) is 11.1. The largest absolute Gasteiger partial charge is 0.456 e. The van der Waals surface area contributed by atoms with E-state index in [0.717, 1.165) is 17.8 Å². The van der Waals surface area contributed by atoms with Crippen LogP contribution < -0.4 is 5.32 Å². The molecule has 1 aromatic rings. The molecule has 4 saturated carbocycles. The summed E-state index contributed by atoms with van der Waals surface area (Å²) in [5, 5.41) is 6.10. The van der Waals surface area contributed by atoms with Crippen LogP contribution in [0.5, 0.6) is 0 Å². The summed E-state index contributed by atoms with van der Waals surface area (Å²) in [7, 11) is 0. The van der Waals surface area contributed by atoms with Crippen LogP contribution in [-0.4, -0.2) is 23.6 Å². The molecule has 0 spiro atoms. The highest BCUT2D eigenvalue weighted by molar-refractivity contribution is 5.91. The molecule has 6 heteroatoms. The molecular formula is C17H22N2O4. The lowest BCUT2D eigenvalue weighted by atomic mass is 9.49. The maximum absolute atomic E-state index is 12.2. The highest BCUT2D eigenvalue weighted by Gasteiger charge is 2.51. The smallest absolute Gasteiger partial charge is 0.306 e. The Kier molecular flexibility index (Phi) is 3.62. The van der Waals surface area contributed by atoms with E-state index in [1.807, 2.05) is 0 Å². The number of hydrogen-bond donors (Lipinski definition) is 1. The number of esters is 1. The van der Waals surface area contributed by atoms with E-state index in [9.17, 15) is 9.59 Å². The van der Waals surface area contributed by atoms with Crippen molar-refractivity contribution in [2.24, 2.45) is 23.2 Å². The number of aromatic nitrogens is 1. The summed E-state index contributed by atoms with van der Waals surface area (Å²) in [6.45, 7) is -0.266. The van der Waals surface area contributed by atoms with Gasteiger partial charge in [0.1, 0.15) is 6.26 Å². The average Bonchev–Trinajstić information content (AvgIpc) is 2.96. The minimum Gasteiger partial charge on any atom is -0.456 e. The zero-order valence-corrected chi connectivity index (χ0v) is 13.1. The Bertz CT molecular complexity index is 560. The SMILES string of the molecule is O=C(COC(=O)CC12CC3CC(CC(C3)C1)C2)Nc1ccon1. The molecule has 4 bridgehead atoms. The predicted octanol–water partition coefficient (Wildman–Crippen LogP) is 2.76. The molecule has 0 radical (unpaired) electrons. The number of rotatable bonds is 5. The molecule has 0 atom stereocenters. The first kappa shape index (κ1) is 14.7. The highest BCUT2D eigenvalue weighted by Crippen LogP contribution is 2.61. The fraction of sp³-hybridized carbons (Fsp3) is 0.706. The van der Waals surface area contributed by atoms with Gasteiger partial charge in [-0.2, -0.15) is 0 Å². The molecule has 1 aromatic heterocycles. The van der Waals surface area contributed by atoms with Crippen LogP contribution >= 0.6 is 0 Å². The normalized spacial score (nSPS) is 34.3. The summed E-state index contributed by atoms with van der Waals surface area (Å²) >= 11 is 0. The zero-order chi connectivity index (χ0) is 15.9. The Morgan fingerprint density at radius 2 is 1.87 bits per heavy atom. The summed E-state index contributed by atoms with van der Waals surface area (Å²) < 4.78 is 9.81. The van der Waals surface area contributed by atoms with Gasteiger partial charge in [-0.25, -0.2) is 0 Å². The first-order valence-corrected chi connectivity index (χ1v) is 8.46. The van der Waals surface area contributed by atoms with Crippen LogP contribution in [0.25, 0.3) is 0 Å². The standard InChI is InChI=1S/C17H22N2O4/c20-15(18-14-1-2-23-19-14)10-22-16(21)9-17-6-11-3-12(7-17)5-13(4-11)8-17/h1-2,11-13H,3-10H2,(H,18,19,20). The van der Waals surface area contributed by atoms with Crippen LogP contribution in [0.1, 0.15) is 44.9 Å². The molecule has 4 fully saturated rings. The molecule has 1 N–H and O–H groups in total. The quantitative estimate of drug-likeness (QED) is 0.844. The van der Waals surface area contributed by atoms with Gasteiger partial charge in [0.25, 0.3) is 5.91 Å². The van der Waals surface area contributed by atoms with Gasteiger partial charge in [-0.3, -0.25) is 9.59 Å². The summed E-state index contributed by atoms with van der Waals surface area (Å²) in [6.07, 6.45) is 9.40. The topological polar surface area (TPSA) is 81.4 Å². The summed E-state index contributed by atoms with van der Waals surface area (Å²) in [4.78, 5) is 23.9. The van der Waals surface area contributed by atoms with Gasteiger partial charge in [-0.05, 0) is 61.7 Å². The zero-order valence-electron chi connectivity index (χ0n) is 13.1. The lowest BCUT2D eigenvalue weighted by molar-refractivity contribution is -0.154. The van der Waals surface area contributed by atoms with Crippen LogP contribution in [0, 0.1) is 23.2 Å². The Hall–Kier alpha value is -1.85. The van der Waals surface area contributed by atoms with E-state index in [0.29, 0.717) is 12.2 Å². The number of ether oxygens (including phenoxy) is 1. The number of nitrogens with one attached hydrogen (secondary N) is 1. The van der Waals surface area contributed by atoms with Gasteiger partial charge in [-0.15, -0.1) is 0 Å². The number of amides is 1. The van der Waals surface area contributed by atoms with E-state index < -0.39 is 5.91 Å². The lowest BCUT2D eigenvalue weighted by Gasteiger charge is -2.56. The van der Waals surface area contributed by atoms with Gasteiger partial charge in [-0.1, -0.05) is 5.16 Å². The van der Waals surface area contributed by atoms with E-state index in [2.05, 4.69) is 15.0 Å². The molecule has 5 rings (SSSR count). The van der Waals surface area contributed by atoms with Crippen LogP contribution in [0.3, 0.4) is 0 Å². The van der Waals surface area contributed by atoms with Crippen LogP contribution in [0.4, 0.5) is 5.82 Å². The van der Waals surface area contributed by atoms with Gasteiger partial charge in [0.2, 0.25) is 0 Å². The minimum atomic E-state index is -0.391. The van der Waals surface area contributed by atoms with Crippen molar-refractivity contribution in [3.63, 3.8) is 0 Å². The molecule has 6 nitrogen and oxygen atoms in total. The van der Waals surface area contributed by atoms with E-state index in [4.69, 9.17) is 4.74 Å². The third-order valence-corrected chi connectivity index (χ3v) is 5.75. The molecule has 1 heterocycles. The van der Waals surface area contributed by atoms with Gasteiger partial charge in [0.05, 0.1) is 6.42 Å². The monoisotopic (exact) mass is 318 g/mol. The summed E-state index contributed by atoms with van der Waals surface area (Å²) in [5.74, 6) is 2.12. The maximum Gasteiger partial charge on any atom is 0.306 e. The van der Waals surface area contributed by atoms with Crippen LogP contribution in [0.2, 0.25) is 0 Å². The fourth-order valence-electron chi connectivity index (χ4n) is 5.47. The van der Waals surface area contributed by atoms with E-state index in [1.165, 1.54) is 50.9 Å². The minimum absolute atomic E-state index is 0.147. The van der Waals surface area contributed by atoms with Gasteiger partial charge < -0.3 is 14.6 Å². The molecule has 0 unspecified atom stereocenters. The third-order valence-electron chi connectivity index (χ3n) is 5.75. The number of carbonyl (C=O) groups is 2. The van der Waals surface area contributed by atoms with Crippen molar-refractivity contribution in [1.82, 2.24) is 5.16 Å². The molecule has 0 aliphatic heterocycles. The van der Waals surface area contributed by atoms with E-state index in [-0.39, 0.29) is 18.0 Å². The molecule has 23 heavy (non-hydrogen) atoms. The van der Waals surface area contributed by atoms with Crippen molar-refractivity contribution in [3.05, 3.63) is 12.3 Å². The molecule has 4 aliphatic carbocycles. The Morgan fingerprint density at radius 1 is 1.22 bits per heavy atom. The molecule has 124 valence electrons. The van der Waals surface area contributed by atoms with Gasteiger partial charge >= 0.3 is 5.97 Å². The predicted molar refractivity (Wildman–Crippen MR) is 81.3 cm³/mol. The van der Waals surface area contributed by atoms with Gasteiger partial charge in [0.15, 0.2) is 12.4 Å². The second-order valence-electron chi connectivity index (χ2n) is 7.69. The first-order valence-electron chi connectivity index (χ1n) is 8.46. The molecular weight excluding hydrogens is 296 g/mol. The number of nitrogens with zero attached hydrogens (tertiary/aromatic N) is 1. The van der Waals surface area contributed by atoms with Gasteiger partial charge in [0, 0.05) is 6.07 Å². The molecule has 4 aliphatic rings. The highest BCUT2D eigenvalue weighted by atomic mass is 16.5. The van der Waals surface area contributed by atoms with Crippen molar-refractivity contribution in [1.29, 1.82) is 0 Å². The molecule has 0 saturated heterocycles. The second-order valence-corrected chi connectivity index (χ2v) is 7.69. The Balaban J connectivity index is 1.28. The van der Waals surface area contributed by atoms with Crippen molar-refractivity contribution in [3.8, 4) is 0 Å². The van der Waals surface area contributed by atoms with Crippen LogP contribution in [0.15, 0.2) is 16.9 Å². The lowest BCUT2D eigenvalue weighted by Crippen LogP contribution is -2.47. The van der Waals surface area contributed by atoms with E-state index in [1.54, 1.807) is 0 Å². The number of anilines is 1. The number of hydrogen-bond acceptors (Lipinski definition) is 5. The summed E-state index contributed by atoms with van der Waals surface area (Å²) in [5.41, 5.74) is 0.147. The maximum atomic E-state index is 12.2.